The molecule has 1 aliphatic heterocycles. The number of amides is 1. The zero-order valence-corrected chi connectivity index (χ0v) is 14.2. The van der Waals surface area contributed by atoms with Gasteiger partial charge in [-0.05, 0) is 25.5 Å². The van der Waals surface area contributed by atoms with Crippen molar-refractivity contribution in [2.45, 2.75) is 19.9 Å². The van der Waals surface area contributed by atoms with Crippen LogP contribution in [0.15, 0.2) is 42.5 Å². The van der Waals surface area contributed by atoms with Gasteiger partial charge in [-0.1, -0.05) is 30.3 Å². The van der Waals surface area contributed by atoms with Gasteiger partial charge >= 0.3 is 0 Å². The molecule has 0 radical (unpaired) electrons. The van der Waals surface area contributed by atoms with Gasteiger partial charge in [0.2, 0.25) is 12.7 Å². The Hall–Kier alpha value is -2.86. The van der Waals surface area contributed by atoms with Crippen LogP contribution in [0.1, 0.15) is 35.8 Å². The Bertz CT molecular complexity index is 790. The summed E-state index contributed by atoms with van der Waals surface area (Å²) in [6, 6.07) is 13.1. The lowest BCUT2D eigenvalue weighted by Gasteiger charge is -2.15. The molecule has 0 aromatic heterocycles. The third kappa shape index (κ3) is 3.97. The Morgan fingerprint density at radius 1 is 1.12 bits per heavy atom. The van der Waals surface area contributed by atoms with Gasteiger partial charge in [0.15, 0.2) is 17.3 Å². The molecule has 1 atom stereocenters. The predicted molar refractivity (Wildman–Crippen MR) is 94.1 cm³/mol. The highest BCUT2D eigenvalue weighted by Gasteiger charge is 2.20. The second-order valence-electron chi connectivity index (χ2n) is 5.87. The highest BCUT2D eigenvalue weighted by Crippen LogP contribution is 2.37. The number of anilines is 1. The largest absolute Gasteiger partial charge is 0.454 e. The summed E-state index contributed by atoms with van der Waals surface area (Å²) in [4.78, 5) is 24.1. The van der Waals surface area contributed by atoms with E-state index in [0.717, 1.165) is 5.56 Å². The van der Waals surface area contributed by atoms with Crippen molar-refractivity contribution in [2.75, 3.05) is 18.7 Å². The van der Waals surface area contributed by atoms with E-state index < -0.39 is 0 Å². The van der Waals surface area contributed by atoms with E-state index in [1.54, 1.807) is 12.1 Å². The molecule has 2 aromatic carbocycles. The van der Waals surface area contributed by atoms with E-state index in [9.17, 15) is 9.59 Å². The molecule has 130 valence electrons. The van der Waals surface area contributed by atoms with E-state index in [0.29, 0.717) is 22.7 Å². The van der Waals surface area contributed by atoms with Crippen LogP contribution in [0.4, 0.5) is 5.69 Å². The third-order valence-electron chi connectivity index (χ3n) is 4.03. The number of benzene rings is 2. The molecule has 1 amide bonds. The van der Waals surface area contributed by atoms with Crippen molar-refractivity contribution >= 4 is 17.4 Å². The van der Waals surface area contributed by atoms with Gasteiger partial charge in [0.1, 0.15) is 0 Å². The second-order valence-corrected chi connectivity index (χ2v) is 5.87. The summed E-state index contributed by atoms with van der Waals surface area (Å²) in [6.07, 6.45) is 0. The van der Waals surface area contributed by atoms with Crippen LogP contribution in [0.25, 0.3) is 0 Å². The first kappa shape index (κ1) is 17.0. The van der Waals surface area contributed by atoms with Crippen LogP contribution in [0.2, 0.25) is 0 Å². The summed E-state index contributed by atoms with van der Waals surface area (Å²) >= 11 is 0. The van der Waals surface area contributed by atoms with Gasteiger partial charge in [0.05, 0.1) is 12.2 Å². The summed E-state index contributed by atoms with van der Waals surface area (Å²) < 4.78 is 10.6. The molecule has 0 unspecified atom stereocenters. The van der Waals surface area contributed by atoms with Gasteiger partial charge in [-0.3, -0.25) is 9.59 Å². The molecule has 6 heteroatoms. The summed E-state index contributed by atoms with van der Waals surface area (Å²) in [6.45, 7) is 3.68. The average Bonchev–Trinajstić information content (AvgIpc) is 3.07. The highest BCUT2D eigenvalue weighted by molar-refractivity contribution is 6.05. The molecule has 1 aliphatic rings. The maximum atomic E-state index is 12.3. The van der Waals surface area contributed by atoms with E-state index in [2.05, 4.69) is 10.6 Å². The molecule has 25 heavy (non-hydrogen) atoms. The lowest BCUT2D eigenvalue weighted by molar-refractivity contribution is -0.115. The normalized spacial score (nSPS) is 13.4. The van der Waals surface area contributed by atoms with Crippen molar-refractivity contribution in [3.05, 3.63) is 53.6 Å². The number of hydrogen-bond acceptors (Lipinski definition) is 5. The quantitative estimate of drug-likeness (QED) is 0.791. The van der Waals surface area contributed by atoms with Crippen molar-refractivity contribution in [3.63, 3.8) is 0 Å². The van der Waals surface area contributed by atoms with Crippen LogP contribution >= 0.6 is 0 Å². The van der Waals surface area contributed by atoms with E-state index >= 15 is 0 Å². The summed E-state index contributed by atoms with van der Waals surface area (Å²) in [5.74, 6) is 0.647. The Labute approximate surface area is 146 Å². The van der Waals surface area contributed by atoms with Crippen LogP contribution in [0.5, 0.6) is 11.5 Å². The lowest BCUT2D eigenvalue weighted by Crippen LogP contribution is -2.30. The maximum absolute atomic E-state index is 12.3. The fourth-order valence-corrected chi connectivity index (χ4v) is 2.64. The monoisotopic (exact) mass is 340 g/mol. The molecule has 3 rings (SSSR count). The van der Waals surface area contributed by atoms with Gasteiger partial charge in [0, 0.05) is 17.7 Å². The van der Waals surface area contributed by atoms with Crippen molar-refractivity contribution in [1.29, 1.82) is 0 Å². The fraction of sp³-hybridized carbons (Fsp3) is 0.263. The SMILES string of the molecule is CC(=O)c1cc2c(cc1NC(=O)CN[C@@H](C)c1ccccc1)OCO2. The number of hydrogen-bond donors (Lipinski definition) is 2. The molecule has 6 nitrogen and oxygen atoms in total. The highest BCUT2D eigenvalue weighted by atomic mass is 16.7. The number of Topliss-reactive ketones (excluding diaryl/α,β-unsaturated/α-hetero) is 1. The number of carbonyl (C=O) groups excluding carboxylic acids is 2. The van der Waals surface area contributed by atoms with Crippen LogP contribution in [-0.4, -0.2) is 25.0 Å². The summed E-state index contributed by atoms with van der Waals surface area (Å²) in [7, 11) is 0. The number of ether oxygens (including phenoxy) is 2. The third-order valence-corrected chi connectivity index (χ3v) is 4.03. The molecule has 0 spiro atoms. The molecule has 2 N–H and O–H groups in total. The van der Waals surface area contributed by atoms with Gasteiger partial charge < -0.3 is 20.1 Å². The molecular formula is C19H20N2O4. The van der Waals surface area contributed by atoms with E-state index in [4.69, 9.17) is 9.47 Å². The van der Waals surface area contributed by atoms with Gasteiger partial charge in [-0.25, -0.2) is 0 Å². The zero-order chi connectivity index (χ0) is 17.8. The van der Waals surface area contributed by atoms with E-state index in [-0.39, 0.29) is 31.1 Å². The summed E-state index contributed by atoms with van der Waals surface area (Å²) in [5.41, 5.74) is 1.92. The van der Waals surface area contributed by atoms with Crippen LogP contribution in [-0.2, 0) is 4.79 Å². The molecule has 0 saturated heterocycles. The van der Waals surface area contributed by atoms with Crippen molar-refractivity contribution < 1.29 is 19.1 Å². The molecular weight excluding hydrogens is 320 g/mol. The first-order valence-corrected chi connectivity index (χ1v) is 8.07. The number of fused-ring (bicyclic) bond motifs is 1. The number of carbonyl (C=O) groups is 2. The van der Waals surface area contributed by atoms with Crippen LogP contribution < -0.4 is 20.1 Å². The molecule has 0 bridgehead atoms. The minimum Gasteiger partial charge on any atom is -0.454 e. The standard InChI is InChI=1S/C19H20N2O4/c1-12(14-6-4-3-5-7-14)20-10-19(23)21-16-9-18-17(24-11-25-18)8-15(16)13(2)22/h3-9,12,20H,10-11H2,1-2H3,(H,21,23)/t12-/m0/s1. The molecule has 0 saturated carbocycles. The maximum Gasteiger partial charge on any atom is 0.238 e. The topological polar surface area (TPSA) is 76.7 Å². The summed E-state index contributed by atoms with van der Waals surface area (Å²) in [5, 5.41) is 5.94. The first-order chi connectivity index (χ1) is 12.0. The predicted octanol–water partition coefficient (Wildman–Crippen LogP) is 2.91. The molecule has 2 aromatic rings. The minimum absolute atomic E-state index is 0.0379. The smallest absolute Gasteiger partial charge is 0.238 e. The van der Waals surface area contributed by atoms with Gasteiger partial charge in [0.25, 0.3) is 0 Å². The molecule has 0 aliphatic carbocycles. The van der Waals surface area contributed by atoms with Crippen molar-refractivity contribution in [3.8, 4) is 11.5 Å². The number of ketones is 1. The Morgan fingerprint density at radius 2 is 1.80 bits per heavy atom. The zero-order valence-electron chi connectivity index (χ0n) is 14.2. The fourth-order valence-electron chi connectivity index (χ4n) is 2.64. The Kier molecular flexibility index (Phi) is 5.00. The van der Waals surface area contributed by atoms with Crippen molar-refractivity contribution in [2.24, 2.45) is 0 Å². The second kappa shape index (κ2) is 7.36. The van der Waals surface area contributed by atoms with E-state index in [1.165, 1.54) is 6.92 Å². The number of rotatable bonds is 6. The minimum atomic E-state index is -0.232. The Balaban J connectivity index is 1.66. The van der Waals surface area contributed by atoms with Crippen molar-refractivity contribution in [1.82, 2.24) is 5.32 Å². The van der Waals surface area contributed by atoms with Crippen LogP contribution in [0.3, 0.4) is 0 Å². The molecule has 0 fully saturated rings. The molecule has 1 heterocycles. The van der Waals surface area contributed by atoms with Gasteiger partial charge in [-0.2, -0.15) is 0 Å². The van der Waals surface area contributed by atoms with E-state index in [1.807, 2.05) is 37.3 Å². The Morgan fingerprint density at radius 3 is 2.48 bits per heavy atom. The first-order valence-electron chi connectivity index (χ1n) is 8.07. The number of nitrogens with one attached hydrogen (secondary N) is 2. The van der Waals surface area contributed by atoms with Crippen LogP contribution in [0, 0.1) is 0 Å². The lowest BCUT2D eigenvalue weighted by atomic mass is 10.1. The average molecular weight is 340 g/mol. The van der Waals surface area contributed by atoms with Gasteiger partial charge in [-0.15, -0.1) is 0 Å².